The molecule has 0 aliphatic rings. The van der Waals surface area contributed by atoms with Crippen LogP contribution in [0.4, 0.5) is 0 Å². The fourth-order valence-corrected chi connectivity index (χ4v) is 0. The van der Waals surface area contributed by atoms with Crippen molar-refractivity contribution in [2.45, 2.75) is 0 Å². The van der Waals surface area contributed by atoms with Gasteiger partial charge in [-0.25, -0.2) is 0 Å². The summed E-state index contributed by atoms with van der Waals surface area (Å²) >= 11 is 0. The van der Waals surface area contributed by atoms with Gasteiger partial charge in [0, 0.05) is 0 Å². The standard InChI is InChI=1S/2Mg.H3O4P.9H2O/c;;1-5(2,3)4;;;;;;;;;/h;;(H3,1,2,3,4);9*1H2/q2*+2;;;;;;;;;;/p-4. The number of rotatable bonds is 0. The Balaban J connectivity index is -0.00000000145. The summed E-state index contributed by atoms with van der Waals surface area (Å²) in [6.45, 7) is 0. The van der Waals surface area contributed by atoms with E-state index in [2.05, 4.69) is 0 Å². The monoisotopic (exact) mass is 304 g/mol. The first kappa shape index (κ1) is 164. The molecule has 0 spiro atoms. The van der Waals surface area contributed by atoms with Crippen molar-refractivity contribution < 1.29 is 68.5 Å². The third kappa shape index (κ3) is 1900. The molecule has 0 saturated carbocycles. The van der Waals surface area contributed by atoms with Crippen molar-refractivity contribution in [3.05, 3.63) is 0 Å². The second-order valence-electron chi connectivity index (χ2n) is 0.447. The minimum Gasteiger partial charge on any atom is -0.870 e. The molecule has 17 N–H and O–H groups in total. The van der Waals surface area contributed by atoms with Crippen LogP contribution in [0.25, 0.3) is 0 Å². The third-order valence-electron chi connectivity index (χ3n) is 0. The van der Waals surface area contributed by atoms with Crippen molar-refractivity contribution in [1.82, 2.24) is 0 Å². The first-order chi connectivity index (χ1) is 2.00. The van der Waals surface area contributed by atoms with Crippen LogP contribution in [0.15, 0.2) is 0 Å². The van der Waals surface area contributed by atoms with Gasteiger partial charge in [-0.1, -0.05) is 0 Å². The van der Waals surface area contributed by atoms with Gasteiger partial charge in [-0.05, 0) is 0 Å². The van der Waals surface area contributed by atoms with Crippen molar-refractivity contribution in [3.8, 4) is 0 Å². The molecule has 104 valence electrons. The molecular formula is H17Mg2O13P. The van der Waals surface area contributed by atoms with E-state index in [9.17, 15) is 0 Å². The van der Waals surface area contributed by atoms with Gasteiger partial charge in [0.25, 0.3) is 0 Å². The summed E-state index contributed by atoms with van der Waals surface area (Å²) in [7, 11) is -5.39. The minimum absolute atomic E-state index is 0. The summed E-state index contributed by atoms with van der Waals surface area (Å²) in [5.74, 6) is 0. The fourth-order valence-electron chi connectivity index (χ4n) is 0. The smallest absolute Gasteiger partial charge is 0.870 e. The van der Waals surface area contributed by atoms with E-state index in [1.807, 2.05) is 0 Å². The van der Waals surface area contributed by atoms with Crippen LogP contribution < -0.4 is 14.7 Å². The quantitative estimate of drug-likeness (QED) is 0.309. The zero-order valence-electron chi connectivity index (χ0n) is 7.94. The summed E-state index contributed by atoms with van der Waals surface area (Å²) in [5, 5.41) is 0. The van der Waals surface area contributed by atoms with Gasteiger partial charge in [0.1, 0.15) is 0 Å². The van der Waals surface area contributed by atoms with Crippen LogP contribution in [0.5, 0.6) is 0 Å². The summed E-state index contributed by atoms with van der Waals surface area (Å²) < 4.78 is 8.55. The van der Waals surface area contributed by atoms with Crippen LogP contribution >= 0.6 is 7.82 Å². The average molecular weight is 305 g/mol. The molecule has 0 saturated heterocycles. The summed E-state index contributed by atoms with van der Waals surface area (Å²) in [4.78, 5) is 25.6. The van der Waals surface area contributed by atoms with Crippen LogP contribution in [0.1, 0.15) is 0 Å². The zero-order valence-corrected chi connectivity index (χ0v) is 11.7. The van der Waals surface area contributed by atoms with Gasteiger partial charge < -0.3 is 68.5 Å². The van der Waals surface area contributed by atoms with Crippen LogP contribution in [0.3, 0.4) is 0 Å². The van der Waals surface area contributed by atoms with Crippen molar-refractivity contribution in [2.75, 3.05) is 0 Å². The zero-order chi connectivity index (χ0) is 4.50. The first-order valence-corrected chi connectivity index (χ1v) is 2.19. The molecule has 16 heteroatoms. The fraction of sp³-hybridized carbons (Fsp3) is 0. The van der Waals surface area contributed by atoms with Crippen LogP contribution in [0.2, 0.25) is 0 Å². The number of hydrogen-bond donors (Lipinski definition) is 0. The van der Waals surface area contributed by atoms with E-state index in [0.717, 1.165) is 0 Å². The molecule has 0 radical (unpaired) electrons. The number of phosphoric acid groups is 1. The Labute approximate surface area is 122 Å². The molecule has 0 bridgehead atoms. The molecule has 0 atom stereocenters. The minimum atomic E-state index is -5.39. The van der Waals surface area contributed by atoms with Crippen LogP contribution in [-0.2, 0) is 4.57 Å². The molecule has 0 aromatic carbocycles. The van der Waals surface area contributed by atoms with E-state index in [0.29, 0.717) is 0 Å². The molecule has 0 fully saturated rings. The maximum atomic E-state index is 8.55. The van der Waals surface area contributed by atoms with Crippen LogP contribution in [0, 0.1) is 0 Å². The van der Waals surface area contributed by atoms with E-state index in [1.54, 1.807) is 0 Å². The van der Waals surface area contributed by atoms with E-state index < -0.39 is 7.82 Å². The van der Waals surface area contributed by atoms with Crippen molar-refractivity contribution in [2.24, 2.45) is 0 Å². The van der Waals surface area contributed by atoms with E-state index in [-0.39, 0.29) is 95.4 Å². The molecule has 0 rings (SSSR count). The molecular weight excluding hydrogens is 288 g/mol. The van der Waals surface area contributed by atoms with Crippen molar-refractivity contribution >= 4 is 53.9 Å². The summed E-state index contributed by atoms with van der Waals surface area (Å²) in [6.07, 6.45) is 0. The molecule has 0 unspecified atom stereocenters. The Kier molecular flexibility index (Phi) is 736. The Morgan fingerprint density at radius 3 is 0.562 bits per heavy atom. The van der Waals surface area contributed by atoms with E-state index in [4.69, 9.17) is 19.2 Å². The maximum absolute atomic E-state index is 8.55. The topological polar surface area (TPSA) is 368 Å². The predicted molar refractivity (Wildman–Crippen MR) is 50.0 cm³/mol. The molecule has 0 aromatic heterocycles. The van der Waals surface area contributed by atoms with E-state index in [1.165, 1.54) is 0 Å². The molecule has 0 aromatic rings. The second-order valence-corrected chi connectivity index (χ2v) is 1.34. The maximum Gasteiger partial charge on any atom is 2.00 e. The third-order valence-corrected chi connectivity index (χ3v) is 0. The summed E-state index contributed by atoms with van der Waals surface area (Å²) in [5.41, 5.74) is 0. The average Bonchev–Trinajstić information content (AvgIpc) is 0.722. The SMILES string of the molecule is O.O.O.O.O.O.O.O.O=P([O-])([O-])[O-].[Mg+2].[Mg+2].[OH-]. The molecule has 0 aliphatic heterocycles. The Hall–Kier alpha value is 1.28. The summed E-state index contributed by atoms with van der Waals surface area (Å²) in [6, 6.07) is 0. The molecule has 16 heavy (non-hydrogen) atoms. The number of hydrogen-bond acceptors (Lipinski definition) is 5. The molecule has 0 amide bonds. The normalized spacial score (nSPS) is 3.69. The van der Waals surface area contributed by atoms with Gasteiger partial charge in [0.15, 0.2) is 0 Å². The molecule has 13 nitrogen and oxygen atoms in total. The second kappa shape index (κ2) is 71.7. The molecule has 0 heterocycles. The first-order valence-electron chi connectivity index (χ1n) is 0.730. The van der Waals surface area contributed by atoms with Gasteiger partial charge >= 0.3 is 46.1 Å². The Morgan fingerprint density at radius 2 is 0.562 bits per heavy atom. The van der Waals surface area contributed by atoms with Crippen LogP contribution in [-0.4, -0.2) is 95.4 Å². The Morgan fingerprint density at radius 1 is 0.562 bits per heavy atom. The van der Waals surface area contributed by atoms with Gasteiger partial charge in [-0.2, -0.15) is 7.82 Å². The molecule has 0 aliphatic carbocycles. The van der Waals surface area contributed by atoms with Gasteiger partial charge in [-0.3, -0.25) is 0 Å². The van der Waals surface area contributed by atoms with Gasteiger partial charge in [0.2, 0.25) is 0 Å². The van der Waals surface area contributed by atoms with Gasteiger partial charge in [0.05, 0.1) is 0 Å². The van der Waals surface area contributed by atoms with Crippen molar-refractivity contribution in [3.63, 3.8) is 0 Å². The predicted octanol–water partition coefficient (Wildman–Crippen LogP) is -10.4. The largest absolute Gasteiger partial charge is 2.00 e. The Bertz CT molecular complexity index is 60.1. The van der Waals surface area contributed by atoms with Gasteiger partial charge in [-0.15, -0.1) is 0 Å². The van der Waals surface area contributed by atoms with Crippen molar-refractivity contribution in [1.29, 1.82) is 0 Å². The van der Waals surface area contributed by atoms with E-state index >= 15 is 0 Å².